The van der Waals surface area contributed by atoms with E-state index in [4.69, 9.17) is 0 Å². The summed E-state index contributed by atoms with van der Waals surface area (Å²) in [4.78, 5) is 5.64. The highest BCUT2D eigenvalue weighted by Crippen LogP contribution is 2.23. The van der Waals surface area contributed by atoms with E-state index in [0.717, 1.165) is 27.0 Å². The summed E-state index contributed by atoms with van der Waals surface area (Å²) in [5.41, 5.74) is 3.22. The van der Waals surface area contributed by atoms with E-state index in [0.29, 0.717) is 12.1 Å². The van der Waals surface area contributed by atoms with Crippen LogP contribution in [-0.2, 0) is 6.42 Å². The van der Waals surface area contributed by atoms with Gasteiger partial charge >= 0.3 is 0 Å². The molecule has 0 unspecified atom stereocenters. The van der Waals surface area contributed by atoms with Crippen LogP contribution in [0.3, 0.4) is 0 Å². The molecule has 0 bridgehead atoms. The van der Waals surface area contributed by atoms with Crippen LogP contribution in [0.25, 0.3) is 5.13 Å². The Kier molecular flexibility index (Phi) is 3.50. The van der Waals surface area contributed by atoms with Crippen molar-refractivity contribution in [2.45, 2.75) is 20.3 Å². The van der Waals surface area contributed by atoms with Gasteiger partial charge in [-0.2, -0.15) is 9.94 Å². The van der Waals surface area contributed by atoms with Crippen molar-refractivity contribution in [3.05, 3.63) is 57.9 Å². The molecule has 3 rings (SSSR count). The molecule has 2 heterocycles. The first kappa shape index (κ1) is 13.5. The van der Waals surface area contributed by atoms with Gasteiger partial charge in [-0.15, -0.1) is 5.10 Å². The van der Waals surface area contributed by atoms with Gasteiger partial charge in [-0.1, -0.05) is 46.9 Å². The van der Waals surface area contributed by atoms with Crippen LogP contribution < -0.4 is 0 Å². The van der Waals surface area contributed by atoms with Gasteiger partial charge in [0, 0.05) is 11.3 Å². The van der Waals surface area contributed by atoms with Gasteiger partial charge in [0.1, 0.15) is 6.07 Å². The van der Waals surface area contributed by atoms with Crippen LogP contribution in [0.1, 0.15) is 27.5 Å². The van der Waals surface area contributed by atoms with Gasteiger partial charge < -0.3 is 0 Å². The molecule has 1 aromatic carbocycles. The van der Waals surface area contributed by atoms with Crippen molar-refractivity contribution < 1.29 is 0 Å². The van der Waals surface area contributed by atoms with Crippen molar-refractivity contribution in [1.82, 2.24) is 20.0 Å². The normalized spacial score (nSPS) is 10.5. The van der Waals surface area contributed by atoms with Gasteiger partial charge in [0.25, 0.3) is 0 Å². The molecule has 3 aromatic rings. The van der Waals surface area contributed by atoms with E-state index in [1.807, 2.05) is 44.2 Å². The number of rotatable bonds is 3. The second-order valence-corrected chi connectivity index (χ2v) is 5.89. The zero-order chi connectivity index (χ0) is 14.8. The average Bonchev–Trinajstić information content (AvgIpc) is 3.04. The molecule has 0 amide bonds. The Labute approximate surface area is 126 Å². The Hall–Kier alpha value is -2.52. The van der Waals surface area contributed by atoms with E-state index in [2.05, 4.69) is 21.4 Å². The summed E-state index contributed by atoms with van der Waals surface area (Å²) in [5.74, 6) is 0. The Balaban J connectivity index is 2.06. The van der Waals surface area contributed by atoms with E-state index in [1.165, 1.54) is 0 Å². The summed E-state index contributed by atoms with van der Waals surface area (Å²) in [7, 11) is 0. The lowest BCUT2D eigenvalue weighted by atomic mass is 10.1. The van der Waals surface area contributed by atoms with Crippen LogP contribution in [0.4, 0.5) is 0 Å². The zero-order valence-corrected chi connectivity index (χ0v) is 12.6. The maximum absolute atomic E-state index is 9.23. The molecule has 0 atom stereocenters. The van der Waals surface area contributed by atoms with Crippen LogP contribution in [0.5, 0.6) is 0 Å². The first-order valence-corrected chi connectivity index (χ1v) is 7.33. The first-order chi connectivity index (χ1) is 10.2. The van der Waals surface area contributed by atoms with Gasteiger partial charge in [-0.05, 0) is 19.4 Å². The summed E-state index contributed by atoms with van der Waals surface area (Å²) < 4.78 is 1.68. The highest BCUT2D eigenvalue weighted by atomic mass is 32.1. The summed E-state index contributed by atoms with van der Waals surface area (Å²) in [6.45, 7) is 3.99. The maximum Gasteiger partial charge on any atom is 0.212 e. The van der Waals surface area contributed by atoms with Crippen molar-refractivity contribution >= 4 is 11.3 Å². The highest BCUT2D eigenvalue weighted by molar-refractivity contribution is 7.14. The predicted octanol–water partition coefficient (Wildman–Crippen LogP) is 2.80. The fraction of sp³-hybridized carbons (Fsp3) is 0.200. The minimum absolute atomic E-state index is 0.351. The van der Waals surface area contributed by atoms with Crippen molar-refractivity contribution in [1.29, 1.82) is 5.26 Å². The molecule has 21 heavy (non-hydrogen) atoms. The van der Waals surface area contributed by atoms with Crippen molar-refractivity contribution in [2.75, 3.05) is 0 Å². The Bertz CT molecular complexity index is 791. The lowest BCUT2D eigenvalue weighted by Gasteiger charge is -2.03. The Morgan fingerprint density at radius 1 is 1.24 bits per heavy atom. The molecular weight excluding hydrogens is 282 g/mol. The quantitative estimate of drug-likeness (QED) is 0.745. The van der Waals surface area contributed by atoms with Crippen LogP contribution in [0, 0.1) is 25.2 Å². The van der Waals surface area contributed by atoms with Gasteiger partial charge in [0.15, 0.2) is 5.69 Å². The molecule has 2 aromatic heterocycles. The minimum Gasteiger partial charge on any atom is -0.223 e. The molecule has 0 saturated heterocycles. The lowest BCUT2D eigenvalue weighted by Crippen LogP contribution is -2.04. The van der Waals surface area contributed by atoms with E-state index in [1.54, 1.807) is 16.0 Å². The molecule has 0 fully saturated rings. The fourth-order valence-electron chi connectivity index (χ4n) is 2.04. The molecule has 104 valence electrons. The van der Waals surface area contributed by atoms with Crippen LogP contribution >= 0.6 is 11.3 Å². The fourth-order valence-corrected chi connectivity index (χ4v) is 2.92. The van der Waals surface area contributed by atoms with Crippen LogP contribution in [0.15, 0.2) is 30.3 Å². The monoisotopic (exact) mass is 295 g/mol. The molecule has 0 aliphatic heterocycles. The minimum atomic E-state index is 0.351. The number of hydrogen-bond acceptors (Lipinski definition) is 5. The first-order valence-electron chi connectivity index (χ1n) is 6.52. The van der Waals surface area contributed by atoms with E-state index in [9.17, 15) is 5.26 Å². The zero-order valence-electron chi connectivity index (χ0n) is 11.7. The third-order valence-electron chi connectivity index (χ3n) is 3.28. The number of thiazole rings is 1. The summed E-state index contributed by atoms with van der Waals surface area (Å²) >= 11 is 1.56. The third kappa shape index (κ3) is 2.56. The van der Waals surface area contributed by atoms with Gasteiger partial charge in [0.05, 0.1) is 11.4 Å². The summed E-state index contributed by atoms with van der Waals surface area (Å²) in [5, 5.41) is 18.1. The number of hydrogen-bond donors (Lipinski definition) is 0. The third-order valence-corrected chi connectivity index (χ3v) is 4.33. The highest BCUT2D eigenvalue weighted by Gasteiger charge is 2.17. The molecule has 0 aliphatic rings. The number of aryl methyl sites for hydroxylation is 2. The van der Waals surface area contributed by atoms with Crippen molar-refractivity contribution in [2.24, 2.45) is 0 Å². The molecule has 0 aliphatic carbocycles. The predicted molar refractivity (Wildman–Crippen MR) is 80.5 cm³/mol. The SMILES string of the molecule is Cc1nc(-n2nnc(C#N)c2Cc2ccccc2)sc1C. The largest absolute Gasteiger partial charge is 0.223 e. The number of nitrogens with zero attached hydrogens (tertiary/aromatic N) is 5. The Morgan fingerprint density at radius 3 is 2.62 bits per heavy atom. The van der Waals surface area contributed by atoms with Gasteiger partial charge in [0.2, 0.25) is 5.13 Å². The molecule has 6 heteroatoms. The van der Waals surface area contributed by atoms with E-state index < -0.39 is 0 Å². The molecule has 5 nitrogen and oxygen atoms in total. The van der Waals surface area contributed by atoms with Crippen molar-refractivity contribution in [3.8, 4) is 11.2 Å². The second kappa shape index (κ2) is 5.46. The number of aromatic nitrogens is 4. The molecule has 0 spiro atoms. The summed E-state index contributed by atoms with van der Waals surface area (Å²) in [6.07, 6.45) is 0.606. The molecule has 0 N–H and O–H groups in total. The molecule has 0 radical (unpaired) electrons. The maximum atomic E-state index is 9.23. The number of benzene rings is 1. The van der Waals surface area contributed by atoms with E-state index >= 15 is 0 Å². The van der Waals surface area contributed by atoms with Gasteiger partial charge in [-0.25, -0.2) is 4.98 Å². The second-order valence-electron chi connectivity index (χ2n) is 4.71. The molecular formula is C15H13N5S. The topological polar surface area (TPSA) is 67.4 Å². The smallest absolute Gasteiger partial charge is 0.212 e. The Morgan fingerprint density at radius 2 is 2.00 bits per heavy atom. The lowest BCUT2D eigenvalue weighted by molar-refractivity contribution is 0.765. The number of nitriles is 1. The van der Waals surface area contributed by atoms with Crippen LogP contribution in [-0.4, -0.2) is 20.0 Å². The van der Waals surface area contributed by atoms with Crippen LogP contribution in [0.2, 0.25) is 0 Å². The van der Waals surface area contributed by atoms with Gasteiger partial charge in [-0.3, -0.25) is 0 Å². The average molecular weight is 295 g/mol. The van der Waals surface area contributed by atoms with E-state index in [-0.39, 0.29) is 0 Å². The summed E-state index contributed by atoms with van der Waals surface area (Å²) in [6, 6.07) is 12.1. The van der Waals surface area contributed by atoms with Crippen molar-refractivity contribution in [3.63, 3.8) is 0 Å². The standard InChI is InChI=1S/C15H13N5S/c1-10-11(2)21-15(17-10)20-14(13(9-16)18-19-20)8-12-6-4-3-5-7-12/h3-7H,8H2,1-2H3. The molecule has 0 saturated carbocycles.